The molecular weight excluding hydrogens is 346 g/mol. The molecule has 2 aliphatic rings. The number of carbonyl (C=O) groups is 2. The molecule has 0 radical (unpaired) electrons. The molecule has 144 valence electrons. The van der Waals surface area contributed by atoms with Crippen molar-refractivity contribution in [3.05, 3.63) is 34.8 Å². The molecule has 1 aromatic carbocycles. The van der Waals surface area contributed by atoms with Crippen molar-refractivity contribution >= 4 is 22.9 Å². The standard InChI is InChI=1S/C20H25N3O4/c1-14(24)21-9-6-15(7-10-21)16-8-11-22(12-16)19(25)13-23-17-4-2-3-5-18(17)27-20(23)26/h2-5,15-16H,6-13H2,1H3. The number of para-hydroxylation sites is 2. The first-order valence-corrected chi connectivity index (χ1v) is 9.64. The maximum Gasteiger partial charge on any atom is 0.420 e. The molecule has 7 nitrogen and oxygen atoms in total. The monoisotopic (exact) mass is 371 g/mol. The fourth-order valence-electron chi connectivity index (χ4n) is 4.48. The van der Waals surface area contributed by atoms with Crippen LogP contribution in [-0.4, -0.2) is 52.4 Å². The van der Waals surface area contributed by atoms with Gasteiger partial charge in [-0.15, -0.1) is 0 Å². The number of likely N-dealkylation sites (tertiary alicyclic amines) is 2. The minimum absolute atomic E-state index is 0.0192. The molecule has 1 unspecified atom stereocenters. The van der Waals surface area contributed by atoms with Crippen molar-refractivity contribution in [1.82, 2.24) is 14.4 Å². The van der Waals surface area contributed by atoms with Crippen molar-refractivity contribution < 1.29 is 14.0 Å². The molecule has 3 heterocycles. The van der Waals surface area contributed by atoms with E-state index in [1.807, 2.05) is 15.9 Å². The maximum absolute atomic E-state index is 12.7. The maximum atomic E-state index is 12.7. The van der Waals surface area contributed by atoms with Gasteiger partial charge in [-0.05, 0) is 43.2 Å². The van der Waals surface area contributed by atoms with Crippen LogP contribution in [0.3, 0.4) is 0 Å². The van der Waals surface area contributed by atoms with Crippen LogP contribution in [0, 0.1) is 11.8 Å². The van der Waals surface area contributed by atoms with Gasteiger partial charge in [-0.25, -0.2) is 4.79 Å². The first-order chi connectivity index (χ1) is 13.0. The zero-order valence-electron chi connectivity index (χ0n) is 15.6. The number of fused-ring (bicyclic) bond motifs is 1. The van der Waals surface area contributed by atoms with E-state index < -0.39 is 5.76 Å². The van der Waals surface area contributed by atoms with Crippen LogP contribution in [0.1, 0.15) is 26.2 Å². The zero-order valence-corrected chi connectivity index (χ0v) is 15.6. The van der Waals surface area contributed by atoms with Gasteiger partial charge in [0.15, 0.2) is 5.58 Å². The molecule has 7 heteroatoms. The van der Waals surface area contributed by atoms with Crippen LogP contribution < -0.4 is 5.76 Å². The SMILES string of the molecule is CC(=O)N1CCC(C2CCN(C(=O)Cn3c(=O)oc4ccccc43)C2)CC1. The van der Waals surface area contributed by atoms with Gasteiger partial charge in [-0.3, -0.25) is 14.2 Å². The molecule has 0 spiro atoms. The van der Waals surface area contributed by atoms with Gasteiger partial charge in [0.05, 0.1) is 5.52 Å². The minimum Gasteiger partial charge on any atom is -0.408 e. The number of benzene rings is 1. The summed E-state index contributed by atoms with van der Waals surface area (Å²) in [5, 5.41) is 0. The van der Waals surface area contributed by atoms with Crippen LogP contribution in [0.25, 0.3) is 11.1 Å². The molecule has 0 bridgehead atoms. The second kappa shape index (κ2) is 7.21. The highest BCUT2D eigenvalue weighted by Gasteiger charge is 2.34. The minimum atomic E-state index is -0.489. The van der Waals surface area contributed by atoms with Gasteiger partial charge in [0.2, 0.25) is 11.8 Å². The van der Waals surface area contributed by atoms with Crippen LogP contribution in [-0.2, 0) is 16.1 Å². The third kappa shape index (κ3) is 3.50. The Morgan fingerprint density at radius 2 is 1.70 bits per heavy atom. The second-order valence-electron chi connectivity index (χ2n) is 7.65. The lowest BCUT2D eigenvalue weighted by molar-refractivity contribution is -0.131. The van der Waals surface area contributed by atoms with Crippen LogP contribution in [0.4, 0.5) is 0 Å². The van der Waals surface area contributed by atoms with E-state index in [-0.39, 0.29) is 18.4 Å². The van der Waals surface area contributed by atoms with E-state index in [0.717, 1.165) is 45.4 Å². The van der Waals surface area contributed by atoms with Crippen LogP contribution in [0.2, 0.25) is 0 Å². The lowest BCUT2D eigenvalue weighted by Crippen LogP contribution is -2.40. The molecule has 2 aliphatic heterocycles. The van der Waals surface area contributed by atoms with E-state index >= 15 is 0 Å². The Bertz CT molecular complexity index is 907. The van der Waals surface area contributed by atoms with E-state index in [9.17, 15) is 14.4 Å². The summed E-state index contributed by atoms with van der Waals surface area (Å²) in [4.78, 5) is 40.1. The average molecular weight is 371 g/mol. The molecule has 4 rings (SSSR count). The molecule has 1 atom stereocenters. The number of hydrogen-bond acceptors (Lipinski definition) is 4. The summed E-state index contributed by atoms with van der Waals surface area (Å²) in [6.07, 6.45) is 3.02. The number of aromatic nitrogens is 1. The van der Waals surface area contributed by atoms with Crippen molar-refractivity contribution in [3.63, 3.8) is 0 Å². The van der Waals surface area contributed by atoms with Crippen molar-refractivity contribution in [3.8, 4) is 0 Å². The molecule has 2 saturated heterocycles. The number of hydrogen-bond donors (Lipinski definition) is 0. The molecule has 1 aromatic heterocycles. The number of carbonyl (C=O) groups excluding carboxylic acids is 2. The van der Waals surface area contributed by atoms with E-state index in [1.165, 1.54) is 4.57 Å². The Hall–Kier alpha value is -2.57. The topological polar surface area (TPSA) is 75.8 Å². The third-order valence-corrected chi connectivity index (χ3v) is 6.10. The number of piperidine rings is 1. The lowest BCUT2D eigenvalue weighted by atomic mass is 9.84. The quantitative estimate of drug-likeness (QED) is 0.823. The lowest BCUT2D eigenvalue weighted by Gasteiger charge is -2.34. The number of oxazole rings is 1. The van der Waals surface area contributed by atoms with Gasteiger partial charge in [-0.2, -0.15) is 0 Å². The molecular formula is C20H25N3O4. The normalized spacial score (nSPS) is 21.1. The first-order valence-electron chi connectivity index (χ1n) is 9.64. The smallest absolute Gasteiger partial charge is 0.408 e. The zero-order chi connectivity index (χ0) is 19.0. The molecule has 2 fully saturated rings. The molecule has 2 aromatic rings. The van der Waals surface area contributed by atoms with Gasteiger partial charge in [0.25, 0.3) is 0 Å². The first kappa shape index (κ1) is 17.8. The Labute approximate surface area is 157 Å². The summed E-state index contributed by atoms with van der Waals surface area (Å²) in [6.45, 7) is 4.76. The van der Waals surface area contributed by atoms with Crippen molar-refractivity contribution in [2.24, 2.45) is 11.8 Å². The van der Waals surface area contributed by atoms with Crippen molar-refractivity contribution in [2.75, 3.05) is 26.2 Å². The Balaban J connectivity index is 1.38. The molecule has 0 saturated carbocycles. The van der Waals surface area contributed by atoms with Gasteiger partial charge in [0.1, 0.15) is 6.54 Å². The van der Waals surface area contributed by atoms with E-state index in [4.69, 9.17) is 4.42 Å². The van der Waals surface area contributed by atoms with Gasteiger partial charge in [0, 0.05) is 33.1 Å². The van der Waals surface area contributed by atoms with Gasteiger partial charge < -0.3 is 14.2 Å². The summed E-state index contributed by atoms with van der Waals surface area (Å²) in [5.41, 5.74) is 1.16. The highest BCUT2D eigenvalue weighted by molar-refractivity contribution is 5.79. The van der Waals surface area contributed by atoms with E-state index in [2.05, 4.69) is 0 Å². The Morgan fingerprint density at radius 1 is 1.04 bits per heavy atom. The molecule has 0 aliphatic carbocycles. The Kier molecular flexibility index (Phi) is 4.76. The van der Waals surface area contributed by atoms with E-state index in [1.54, 1.807) is 25.1 Å². The summed E-state index contributed by atoms with van der Waals surface area (Å²) < 4.78 is 6.63. The van der Waals surface area contributed by atoms with Crippen LogP contribution >= 0.6 is 0 Å². The summed E-state index contributed by atoms with van der Waals surface area (Å²) >= 11 is 0. The van der Waals surface area contributed by atoms with E-state index in [0.29, 0.717) is 22.9 Å². The average Bonchev–Trinajstić information content (AvgIpc) is 3.27. The van der Waals surface area contributed by atoms with Gasteiger partial charge >= 0.3 is 5.76 Å². The molecule has 0 N–H and O–H groups in total. The Morgan fingerprint density at radius 3 is 2.44 bits per heavy atom. The fraction of sp³-hybridized carbons (Fsp3) is 0.550. The molecule has 2 amide bonds. The molecule has 27 heavy (non-hydrogen) atoms. The fourth-order valence-corrected chi connectivity index (χ4v) is 4.48. The largest absolute Gasteiger partial charge is 0.420 e. The highest BCUT2D eigenvalue weighted by atomic mass is 16.4. The van der Waals surface area contributed by atoms with Crippen molar-refractivity contribution in [1.29, 1.82) is 0 Å². The third-order valence-electron chi connectivity index (χ3n) is 6.10. The predicted molar refractivity (Wildman–Crippen MR) is 100 cm³/mol. The second-order valence-corrected chi connectivity index (χ2v) is 7.65. The van der Waals surface area contributed by atoms with Crippen LogP contribution in [0.5, 0.6) is 0 Å². The van der Waals surface area contributed by atoms with Gasteiger partial charge in [-0.1, -0.05) is 12.1 Å². The summed E-state index contributed by atoms with van der Waals surface area (Å²) in [5.74, 6) is 0.676. The summed E-state index contributed by atoms with van der Waals surface area (Å²) in [6, 6.07) is 7.16. The summed E-state index contributed by atoms with van der Waals surface area (Å²) in [7, 11) is 0. The predicted octanol–water partition coefficient (Wildman–Crippen LogP) is 1.70. The van der Waals surface area contributed by atoms with Crippen molar-refractivity contribution in [2.45, 2.75) is 32.7 Å². The number of amides is 2. The number of nitrogens with zero attached hydrogens (tertiary/aromatic N) is 3. The van der Waals surface area contributed by atoms with Crippen LogP contribution in [0.15, 0.2) is 33.5 Å². The number of rotatable bonds is 3. The highest BCUT2D eigenvalue weighted by Crippen LogP contribution is 2.32.